The molecule has 3 aromatic carbocycles. The predicted molar refractivity (Wildman–Crippen MR) is 146 cm³/mol. The fourth-order valence-electron chi connectivity index (χ4n) is 4.56. The molecule has 1 saturated heterocycles. The third-order valence-corrected chi connectivity index (χ3v) is 7.33. The first-order valence-electron chi connectivity index (χ1n) is 12.3. The summed E-state index contributed by atoms with van der Waals surface area (Å²) in [6.07, 6.45) is 0. The highest BCUT2D eigenvalue weighted by Gasteiger charge is 2.20. The van der Waals surface area contributed by atoms with Gasteiger partial charge in [0, 0.05) is 47.6 Å². The van der Waals surface area contributed by atoms with Crippen LogP contribution in [-0.4, -0.2) is 63.2 Å². The van der Waals surface area contributed by atoms with Crippen LogP contribution in [0.2, 0.25) is 0 Å². The van der Waals surface area contributed by atoms with E-state index in [0.29, 0.717) is 0 Å². The van der Waals surface area contributed by atoms with Gasteiger partial charge in [-0.15, -0.1) is 10.2 Å². The standard InChI is InChI=1S/C29H27N5OS/c1-3-9-22(10-4-1)27-21-25(24-13-7-8-14-26(24)30-27)28-31-32-29(34(28)23-11-5-2-6-12-23)36-20-17-33-15-18-35-19-16-33/h1-14,21H,15-20H2. The van der Waals surface area contributed by atoms with Crippen molar-refractivity contribution in [1.29, 1.82) is 0 Å². The van der Waals surface area contributed by atoms with E-state index in [-0.39, 0.29) is 0 Å². The van der Waals surface area contributed by atoms with Crippen LogP contribution in [0.1, 0.15) is 0 Å². The lowest BCUT2D eigenvalue weighted by atomic mass is 10.0. The summed E-state index contributed by atoms with van der Waals surface area (Å²) < 4.78 is 7.67. The van der Waals surface area contributed by atoms with Gasteiger partial charge in [-0.3, -0.25) is 9.47 Å². The number of ether oxygens (including phenoxy) is 1. The Bertz CT molecular complexity index is 1450. The normalized spacial score (nSPS) is 14.3. The van der Waals surface area contributed by atoms with Gasteiger partial charge in [-0.25, -0.2) is 4.98 Å². The van der Waals surface area contributed by atoms with Crippen LogP contribution in [0.25, 0.3) is 39.2 Å². The van der Waals surface area contributed by atoms with Crippen molar-refractivity contribution in [2.75, 3.05) is 38.6 Å². The molecule has 1 aliphatic rings. The molecule has 6 rings (SSSR count). The number of benzene rings is 3. The molecule has 1 fully saturated rings. The first kappa shape index (κ1) is 22.9. The van der Waals surface area contributed by atoms with E-state index in [1.165, 1.54) is 0 Å². The number of para-hydroxylation sites is 2. The Morgan fingerprint density at radius 3 is 2.33 bits per heavy atom. The number of pyridine rings is 1. The zero-order valence-electron chi connectivity index (χ0n) is 20.0. The van der Waals surface area contributed by atoms with Crippen LogP contribution < -0.4 is 0 Å². The average Bonchev–Trinajstić information content (AvgIpc) is 3.37. The zero-order valence-corrected chi connectivity index (χ0v) is 20.8. The summed E-state index contributed by atoms with van der Waals surface area (Å²) >= 11 is 1.75. The number of morpholine rings is 1. The number of rotatable bonds is 7. The van der Waals surface area contributed by atoms with Crippen molar-refractivity contribution in [2.24, 2.45) is 0 Å². The molecule has 0 N–H and O–H groups in total. The average molecular weight is 494 g/mol. The third kappa shape index (κ3) is 4.78. The molecule has 0 unspecified atom stereocenters. The van der Waals surface area contributed by atoms with E-state index in [0.717, 1.165) is 83.0 Å². The van der Waals surface area contributed by atoms with Crippen LogP contribution in [0.3, 0.4) is 0 Å². The van der Waals surface area contributed by atoms with E-state index in [4.69, 9.17) is 14.8 Å². The van der Waals surface area contributed by atoms with Gasteiger partial charge in [0.05, 0.1) is 24.4 Å². The summed E-state index contributed by atoms with van der Waals surface area (Å²) in [6, 6.07) is 31.1. The Labute approximate surface area is 215 Å². The molecule has 36 heavy (non-hydrogen) atoms. The summed E-state index contributed by atoms with van der Waals surface area (Å²) in [5.74, 6) is 1.77. The van der Waals surface area contributed by atoms with E-state index >= 15 is 0 Å². The molecule has 0 saturated carbocycles. The topological polar surface area (TPSA) is 56.1 Å². The molecule has 180 valence electrons. The molecule has 2 aromatic heterocycles. The van der Waals surface area contributed by atoms with Gasteiger partial charge in [-0.1, -0.05) is 78.5 Å². The highest BCUT2D eigenvalue weighted by atomic mass is 32.2. The summed E-state index contributed by atoms with van der Waals surface area (Å²) in [7, 11) is 0. The fourth-order valence-corrected chi connectivity index (χ4v) is 5.51. The Kier molecular flexibility index (Phi) is 6.76. The largest absolute Gasteiger partial charge is 0.379 e. The number of thioether (sulfide) groups is 1. The maximum atomic E-state index is 5.49. The molecule has 3 heterocycles. The maximum absolute atomic E-state index is 5.49. The molecule has 0 atom stereocenters. The lowest BCUT2D eigenvalue weighted by Gasteiger charge is -2.26. The second-order valence-corrected chi connectivity index (χ2v) is 9.78. The van der Waals surface area contributed by atoms with Gasteiger partial charge >= 0.3 is 0 Å². The van der Waals surface area contributed by atoms with Crippen molar-refractivity contribution in [3.05, 3.63) is 91.0 Å². The van der Waals surface area contributed by atoms with Gasteiger partial charge in [-0.05, 0) is 24.3 Å². The Morgan fingerprint density at radius 2 is 1.53 bits per heavy atom. The number of hydrogen-bond donors (Lipinski definition) is 0. The van der Waals surface area contributed by atoms with Gasteiger partial charge in [0.25, 0.3) is 0 Å². The van der Waals surface area contributed by atoms with Crippen molar-refractivity contribution < 1.29 is 4.74 Å². The predicted octanol–water partition coefficient (Wildman–Crippen LogP) is 5.57. The summed E-state index contributed by atoms with van der Waals surface area (Å²) in [4.78, 5) is 7.41. The molecular formula is C29H27N5OS. The molecule has 1 aliphatic heterocycles. The van der Waals surface area contributed by atoms with Gasteiger partial charge in [0.15, 0.2) is 11.0 Å². The van der Waals surface area contributed by atoms with Crippen molar-refractivity contribution in [3.63, 3.8) is 0 Å². The Balaban J connectivity index is 1.43. The van der Waals surface area contributed by atoms with E-state index in [2.05, 4.69) is 75.2 Å². The van der Waals surface area contributed by atoms with Gasteiger partial charge in [0.1, 0.15) is 0 Å². The smallest absolute Gasteiger partial charge is 0.196 e. The number of aromatic nitrogens is 4. The first-order chi connectivity index (χ1) is 17.9. The van der Waals surface area contributed by atoms with Crippen LogP contribution in [0.5, 0.6) is 0 Å². The van der Waals surface area contributed by atoms with Gasteiger partial charge < -0.3 is 4.74 Å². The van der Waals surface area contributed by atoms with Crippen molar-refractivity contribution in [3.8, 4) is 28.3 Å². The summed E-state index contributed by atoms with van der Waals surface area (Å²) in [6.45, 7) is 4.61. The molecular weight excluding hydrogens is 466 g/mol. The van der Waals surface area contributed by atoms with Crippen molar-refractivity contribution >= 4 is 22.7 Å². The van der Waals surface area contributed by atoms with Crippen LogP contribution in [0.15, 0.2) is 96.2 Å². The molecule has 0 radical (unpaired) electrons. The molecule has 5 aromatic rings. The maximum Gasteiger partial charge on any atom is 0.196 e. The lowest BCUT2D eigenvalue weighted by Crippen LogP contribution is -2.37. The monoisotopic (exact) mass is 493 g/mol. The fraction of sp³-hybridized carbons (Fsp3) is 0.207. The molecule has 0 aliphatic carbocycles. The second kappa shape index (κ2) is 10.6. The lowest BCUT2D eigenvalue weighted by molar-refractivity contribution is 0.0410. The molecule has 0 amide bonds. The van der Waals surface area contributed by atoms with E-state index < -0.39 is 0 Å². The third-order valence-electron chi connectivity index (χ3n) is 6.42. The van der Waals surface area contributed by atoms with E-state index in [1.807, 2.05) is 30.3 Å². The quantitative estimate of drug-likeness (QED) is 0.276. The van der Waals surface area contributed by atoms with Crippen LogP contribution in [0, 0.1) is 0 Å². The second-order valence-electron chi connectivity index (χ2n) is 8.72. The SMILES string of the molecule is c1ccc(-c2cc(-c3nnc(SCCN4CCOCC4)n3-c3ccccc3)c3ccccc3n2)cc1. The van der Waals surface area contributed by atoms with Crippen LogP contribution in [-0.2, 0) is 4.74 Å². The van der Waals surface area contributed by atoms with Crippen LogP contribution >= 0.6 is 11.8 Å². The van der Waals surface area contributed by atoms with Gasteiger partial charge in [-0.2, -0.15) is 0 Å². The first-order valence-corrected chi connectivity index (χ1v) is 13.2. The minimum Gasteiger partial charge on any atom is -0.379 e. The Hall–Kier alpha value is -3.52. The summed E-state index contributed by atoms with van der Waals surface area (Å²) in [5, 5.41) is 11.4. The minimum atomic E-state index is 0.813. The Morgan fingerprint density at radius 1 is 0.806 bits per heavy atom. The highest BCUT2D eigenvalue weighted by molar-refractivity contribution is 7.99. The van der Waals surface area contributed by atoms with E-state index in [9.17, 15) is 0 Å². The highest BCUT2D eigenvalue weighted by Crippen LogP contribution is 2.34. The number of hydrogen-bond acceptors (Lipinski definition) is 6. The molecule has 7 heteroatoms. The number of nitrogens with zero attached hydrogens (tertiary/aromatic N) is 5. The summed E-state index contributed by atoms with van der Waals surface area (Å²) in [5.41, 5.74) is 5.02. The number of fused-ring (bicyclic) bond motifs is 1. The molecule has 0 spiro atoms. The van der Waals surface area contributed by atoms with Crippen molar-refractivity contribution in [2.45, 2.75) is 5.16 Å². The molecule has 0 bridgehead atoms. The van der Waals surface area contributed by atoms with Gasteiger partial charge in [0.2, 0.25) is 0 Å². The molecule has 6 nitrogen and oxygen atoms in total. The minimum absolute atomic E-state index is 0.813. The van der Waals surface area contributed by atoms with Crippen LogP contribution in [0.4, 0.5) is 0 Å². The van der Waals surface area contributed by atoms with E-state index in [1.54, 1.807) is 11.8 Å². The van der Waals surface area contributed by atoms with Crippen molar-refractivity contribution in [1.82, 2.24) is 24.6 Å². The zero-order chi connectivity index (χ0) is 24.2.